The second-order valence-corrected chi connectivity index (χ2v) is 3.17. The fraction of sp³-hybridized carbons (Fsp3) is 0.556. The molecule has 0 aliphatic carbocycles. The van der Waals surface area contributed by atoms with Crippen molar-refractivity contribution in [1.29, 1.82) is 0 Å². The molecule has 1 unspecified atom stereocenters. The van der Waals surface area contributed by atoms with Crippen LogP contribution in [-0.4, -0.2) is 12.7 Å². The van der Waals surface area contributed by atoms with E-state index in [0.29, 0.717) is 0 Å². The quantitative estimate of drug-likeness (QED) is 0.824. The first-order valence-corrected chi connectivity index (χ1v) is 4.26. The third-order valence-electron chi connectivity index (χ3n) is 2.20. The first-order chi connectivity index (χ1) is 6.42. The number of alkyl halides is 3. The van der Waals surface area contributed by atoms with E-state index in [4.69, 9.17) is 0 Å². The monoisotopic (exact) mass is 207 g/mol. The summed E-state index contributed by atoms with van der Waals surface area (Å²) >= 11 is 0. The molecule has 0 bridgehead atoms. The van der Waals surface area contributed by atoms with Gasteiger partial charge in [0.25, 0.3) is 0 Å². The molecule has 0 aromatic carbocycles. The largest absolute Gasteiger partial charge is 0.472 e. The summed E-state index contributed by atoms with van der Waals surface area (Å²) in [4.78, 5) is 0. The molecule has 2 nitrogen and oxygen atoms in total. The van der Waals surface area contributed by atoms with Crippen LogP contribution < -0.4 is 5.32 Å². The highest BCUT2D eigenvalue weighted by Crippen LogP contribution is 2.38. The van der Waals surface area contributed by atoms with Crippen LogP contribution >= 0.6 is 0 Å². The minimum Gasteiger partial charge on any atom is -0.472 e. The first-order valence-electron chi connectivity index (χ1n) is 4.26. The lowest BCUT2D eigenvalue weighted by Gasteiger charge is -2.31. The summed E-state index contributed by atoms with van der Waals surface area (Å²) in [5.41, 5.74) is -1.94. The number of hydrogen-bond acceptors (Lipinski definition) is 2. The number of halogens is 3. The van der Waals surface area contributed by atoms with Crippen molar-refractivity contribution in [1.82, 2.24) is 5.32 Å². The van der Waals surface area contributed by atoms with Gasteiger partial charge in [-0.05, 0) is 19.5 Å². The van der Waals surface area contributed by atoms with Crippen molar-refractivity contribution in [2.75, 3.05) is 6.54 Å². The Morgan fingerprint density at radius 1 is 1.43 bits per heavy atom. The van der Waals surface area contributed by atoms with Crippen LogP contribution in [0.4, 0.5) is 13.2 Å². The standard InChI is InChI=1S/C9H12F3NO/c1-3-13-8(2,9(10,11)12)7-4-5-14-6-7/h4-6,13H,3H2,1-2H3. The van der Waals surface area contributed by atoms with Gasteiger partial charge < -0.3 is 9.73 Å². The molecule has 0 amide bonds. The fourth-order valence-electron chi connectivity index (χ4n) is 1.27. The van der Waals surface area contributed by atoms with Gasteiger partial charge in [0, 0.05) is 5.56 Å². The minimum atomic E-state index is -4.34. The smallest absolute Gasteiger partial charge is 0.410 e. The van der Waals surface area contributed by atoms with E-state index < -0.39 is 11.7 Å². The van der Waals surface area contributed by atoms with Gasteiger partial charge in [-0.3, -0.25) is 0 Å². The zero-order chi connectivity index (χ0) is 10.8. The van der Waals surface area contributed by atoms with Gasteiger partial charge in [0.1, 0.15) is 5.54 Å². The highest BCUT2D eigenvalue weighted by Gasteiger charge is 2.52. The molecule has 0 aliphatic heterocycles. The minimum absolute atomic E-state index is 0.0897. The molecule has 0 saturated heterocycles. The Kier molecular flexibility index (Phi) is 2.89. The Balaban J connectivity index is 3.06. The van der Waals surface area contributed by atoms with Crippen LogP contribution in [0.2, 0.25) is 0 Å². The first kappa shape index (κ1) is 11.1. The van der Waals surface area contributed by atoms with Gasteiger partial charge in [0.15, 0.2) is 0 Å². The maximum atomic E-state index is 12.8. The molecule has 1 N–H and O–H groups in total. The molecule has 1 rings (SSSR count). The van der Waals surface area contributed by atoms with E-state index >= 15 is 0 Å². The zero-order valence-electron chi connectivity index (χ0n) is 7.98. The second-order valence-electron chi connectivity index (χ2n) is 3.17. The van der Waals surface area contributed by atoms with Crippen LogP contribution in [0.1, 0.15) is 19.4 Å². The molecule has 80 valence electrons. The summed E-state index contributed by atoms with van der Waals surface area (Å²) in [6.07, 6.45) is -2.00. The summed E-state index contributed by atoms with van der Waals surface area (Å²) in [7, 11) is 0. The molecule has 0 fully saturated rings. The predicted octanol–water partition coefficient (Wildman–Crippen LogP) is 2.67. The topological polar surface area (TPSA) is 25.2 Å². The van der Waals surface area contributed by atoms with E-state index in [-0.39, 0.29) is 12.1 Å². The van der Waals surface area contributed by atoms with Gasteiger partial charge in [-0.2, -0.15) is 13.2 Å². The second kappa shape index (κ2) is 3.65. The summed E-state index contributed by atoms with van der Waals surface area (Å²) in [5, 5.41) is 2.42. The van der Waals surface area contributed by atoms with Crippen molar-refractivity contribution < 1.29 is 17.6 Å². The third-order valence-corrected chi connectivity index (χ3v) is 2.20. The van der Waals surface area contributed by atoms with Crippen LogP contribution in [0, 0.1) is 0 Å². The Morgan fingerprint density at radius 3 is 2.43 bits per heavy atom. The average molecular weight is 207 g/mol. The number of furan rings is 1. The number of hydrogen-bond donors (Lipinski definition) is 1. The van der Waals surface area contributed by atoms with Gasteiger partial charge in [-0.15, -0.1) is 0 Å². The van der Waals surface area contributed by atoms with Crippen LogP contribution in [0.3, 0.4) is 0 Å². The third kappa shape index (κ3) is 1.77. The molecule has 1 aromatic heterocycles. The summed E-state index contributed by atoms with van der Waals surface area (Å²) in [5.74, 6) is 0. The molecule has 1 aromatic rings. The zero-order valence-corrected chi connectivity index (χ0v) is 7.98. The molecular formula is C9H12F3NO. The van der Waals surface area contributed by atoms with E-state index in [9.17, 15) is 13.2 Å². The van der Waals surface area contributed by atoms with Gasteiger partial charge in [-0.25, -0.2) is 0 Å². The molecular weight excluding hydrogens is 195 g/mol. The maximum Gasteiger partial charge on any atom is 0.410 e. The molecule has 5 heteroatoms. The lowest BCUT2D eigenvalue weighted by atomic mass is 9.94. The SMILES string of the molecule is CCNC(C)(c1ccoc1)C(F)(F)F. The molecule has 0 radical (unpaired) electrons. The molecule has 0 saturated carbocycles. The summed E-state index contributed by atoms with van der Waals surface area (Å²) in [6, 6.07) is 1.32. The van der Waals surface area contributed by atoms with E-state index in [1.54, 1.807) is 6.92 Å². The highest BCUT2D eigenvalue weighted by molar-refractivity contribution is 5.20. The van der Waals surface area contributed by atoms with Crippen molar-refractivity contribution in [2.45, 2.75) is 25.6 Å². The van der Waals surface area contributed by atoms with E-state index in [0.717, 1.165) is 13.2 Å². The van der Waals surface area contributed by atoms with Crippen molar-refractivity contribution in [3.05, 3.63) is 24.2 Å². The number of nitrogens with one attached hydrogen (secondary N) is 1. The summed E-state index contributed by atoms with van der Waals surface area (Å²) < 4.78 is 42.9. The van der Waals surface area contributed by atoms with Crippen molar-refractivity contribution in [3.63, 3.8) is 0 Å². The Morgan fingerprint density at radius 2 is 2.07 bits per heavy atom. The Bertz CT molecular complexity index is 281. The normalized spacial score (nSPS) is 16.6. The van der Waals surface area contributed by atoms with Crippen LogP contribution in [0.15, 0.2) is 23.0 Å². The van der Waals surface area contributed by atoms with Crippen molar-refractivity contribution in [3.8, 4) is 0 Å². The molecule has 1 heterocycles. The van der Waals surface area contributed by atoms with Crippen LogP contribution in [-0.2, 0) is 5.54 Å². The molecule has 0 spiro atoms. The van der Waals surface area contributed by atoms with Crippen molar-refractivity contribution in [2.24, 2.45) is 0 Å². The molecule has 14 heavy (non-hydrogen) atoms. The van der Waals surface area contributed by atoms with Gasteiger partial charge in [-0.1, -0.05) is 6.92 Å². The van der Waals surface area contributed by atoms with E-state index in [1.807, 2.05) is 0 Å². The lowest BCUT2D eigenvalue weighted by molar-refractivity contribution is -0.195. The summed E-state index contributed by atoms with van der Waals surface area (Å²) in [6.45, 7) is 2.96. The molecule has 0 aliphatic rings. The molecule has 1 atom stereocenters. The van der Waals surface area contributed by atoms with Gasteiger partial charge in [0.05, 0.1) is 12.5 Å². The average Bonchev–Trinajstić information content (AvgIpc) is 2.54. The lowest BCUT2D eigenvalue weighted by Crippen LogP contribution is -2.51. The fourth-order valence-corrected chi connectivity index (χ4v) is 1.27. The highest BCUT2D eigenvalue weighted by atomic mass is 19.4. The van der Waals surface area contributed by atoms with Gasteiger partial charge >= 0.3 is 6.18 Å². The van der Waals surface area contributed by atoms with Gasteiger partial charge in [0.2, 0.25) is 0 Å². The number of rotatable bonds is 3. The van der Waals surface area contributed by atoms with E-state index in [2.05, 4.69) is 9.73 Å². The maximum absolute atomic E-state index is 12.8. The predicted molar refractivity (Wildman–Crippen MR) is 45.8 cm³/mol. The van der Waals surface area contributed by atoms with Crippen LogP contribution in [0.5, 0.6) is 0 Å². The Labute approximate surface area is 80.1 Å². The van der Waals surface area contributed by atoms with Crippen molar-refractivity contribution >= 4 is 0 Å². The Hall–Kier alpha value is -0.970. The van der Waals surface area contributed by atoms with Crippen LogP contribution in [0.25, 0.3) is 0 Å². The van der Waals surface area contributed by atoms with E-state index in [1.165, 1.54) is 12.3 Å².